The summed E-state index contributed by atoms with van der Waals surface area (Å²) in [6, 6.07) is 15.4. The van der Waals surface area contributed by atoms with Crippen molar-refractivity contribution in [2.45, 2.75) is 38.7 Å². The number of nitrogens with zero attached hydrogens (tertiary/aromatic N) is 1. The molecule has 144 valence electrons. The Bertz CT molecular complexity index is 778. The third kappa shape index (κ3) is 5.11. The molecular formula is C22H28FN2OS+. The third-order valence-electron chi connectivity index (χ3n) is 5.07. The number of halogens is 1. The Labute approximate surface area is 165 Å². The predicted molar refractivity (Wildman–Crippen MR) is 109 cm³/mol. The van der Waals surface area contributed by atoms with Crippen molar-refractivity contribution in [3.63, 3.8) is 0 Å². The number of carbonyl (C=O) groups is 1. The number of thioether (sulfide) groups is 1. The first-order chi connectivity index (χ1) is 12.9. The lowest BCUT2D eigenvalue weighted by Gasteiger charge is -2.28. The van der Waals surface area contributed by atoms with Crippen molar-refractivity contribution in [1.82, 2.24) is 4.90 Å². The zero-order chi connectivity index (χ0) is 19.4. The summed E-state index contributed by atoms with van der Waals surface area (Å²) in [5.41, 5.74) is 3.50. The van der Waals surface area contributed by atoms with Gasteiger partial charge in [-0.3, -0.25) is 4.79 Å². The lowest BCUT2D eigenvalue weighted by Crippen LogP contribution is -3.14. The van der Waals surface area contributed by atoms with Gasteiger partial charge in [0.1, 0.15) is 17.7 Å². The normalized spacial score (nSPS) is 18.1. The van der Waals surface area contributed by atoms with Crippen LogP contribution >= 0.6 is 11.8 Å². The average Bonchev–Trinajstić information content (AvgIpc) is 3.11. The van der Waals surface area contributed by atoms with Gasteiger partial charge in [0.05, 0.1) is 6.04 Å². The minimum atomic E-state index is -0.242. The molecule has 2 aromatic rings. The van der Waals surface area contributed by atoms with Gasteiger partial charge in [-0.2, -0.15) is 0 Å². The van der Waals surface area contributed by atoms with E-state index in [0.29, 0.717) is 12.6 Å². The van der Waals surface area contributed by atoms with Crippen molar-refractivity contribution in [2.24, 2.45) is 0 Å². The van der Waals surface area contributed by atoms with E-state index in [1.165, 1.54) is 28.2 Å². The van der Waals surface area contributed by atoms with Crippen LogP contribution in [0.15, 0.2) is 48.5 Å². The minimum absolute atomic E-state index is 0.00881. The highest BCUT2D eigenvalue weighted by molar-refractivity contribution is 7.99. The Morgan fingerprint density at radius 1 is 1.26 bits per heavy atom. The van der Waals surface area contributed by atoms with Crippen LogP contribution in [-0.2, 0) is 11.3 Å². The molecule has 0 saturated carbocycles. The molecule has 1 N–H and O–H groups in total. The average molecular weight is 388 g/mol. The van der Waals surface area contributed by atoms with Gasteiger partial charge in [0.25, 0.3) is 5.91 Å². The number of aryl methyl sites for hydroxylation is 1. The number of benzene rings is 2. The summed E-state index contributed by atoms with van der Waals surface area (Å²) in [4.78, 5) is 16.3. The summed E-state index contributed by atoms with van der Waals surface area (Å²) in [7, 11) is 0. The summed E-state index contributed by atoms with van der Waals surface area (Å²) < 4.78 is 13.2. The summed E-state index contributed by atoms with van der Waals surface area (Å²) in [6.45, 7) is 8.49. The van der Waals surface area contributed by atoms with Gasteiger partial charge in [0.2, 0.25) is 0 Å². The number of hydrogen-bond donors (Lipinski definition) is 1. The maximum atomic E-state index is 13.2. The van der Waals surface area contributed by atoms with E-state index >= 15 is 0 Å². The zero-order valence-electron chi connectivity index (χ0n) is 16.2. The van der Waals surface area contributed by atoms with Crippen molar-refractivity contribution in [2.75, 3.05) is 18.8 Å². The molecule has 0 aliphatic carbocycles. The van der Waals surface area contributed by atoms with Gasteiger partial charge >= 0.3 is 0 Å². The van der Waals surface area contributed by atoms with Gasteiger partial charge in [-0.25, -0.2) is 4.39 Å². The molecule has 5 heteroatoms. The first-order valence-electron chi connectivity index (χ1n) is 9.50. The molecule has 0 aromatic heterocycles. The van der Waals surface area contributed by atoms with Gasteiger partial charge in [-0.1, -0.05) is 42.0 Å². The van der Waals surface area contributed by atoms with Crippen LogP contribution in [0, 0.1) is 12.7 Å². The van der Waals surface area contributed by atoms with Crippen molar-refractivity contribution in [3.05, 3.63) is 71.0 Å². The van der Waals surface area contributed by atoms with Crippen LogP contribution in [0.5, 0.6) is 0 Å². The second kappa shape index (κ2) is 8.89. The third-order valence-corrected chi connectivity index (χ3v) is 6.34. The van der Waals surface area contributed by atoms with Crippen molar-refractivity contribution in [1.29, 1.82) is 0 Å². The van der Waals surface area contributed by atoms with Crippen LogP contribution in [0.2, 0.25) is 0 Å². The Kier molecular flexibility index (Phi) is 6.55. The van der Waals surface area contributed by atoms with E-state index in [1.54, 1.807) is 23.9 Å². The smallest absolute Gasteiger partial charge is 0.278 e. The Morgan fingerprint density at radius 3 is 2.67 bits per heavy atom. The summed E-state index contributed by atoms with van der Waals surface area (Å²) in [6.07, 6.45) is 0. The van der Waals surface area contributed by atoms with Crippen LogP contribution in [0.4, 0.5) is 4.39 Å². The van der Waals surface area contributed by atoms with E-state index in [1.807, 2.05) is 4.90 Å². The maximum absolute atomic E-state index is 13.2. The molecule has 1 fully saturated rings. The summed E-state index contributed by atoms with van der Waals surface area (Å²) >= 11 is 1.75. The fourth-order valence-electron chi connectivity index (χ4n) is 3.48. The molecule has 3 nitrogen and oxygen atoms in total. The second-order valence-electron chi connectivity index (χ2n) is 7.52. The summed E-state index contributed by atoms with van der Waals surface area (Å²) in [5.74, 6) is 0.849. The molecule has 3 rings (SSSR count). The van der Waals surface area contributed by atoms with Crippen molar-refractivity contribution in [3.8, 4) is 0 Å². The molecule has 2 aromatic carbocycles. The standard InChI is InChI=1S/C22H27FN2OS/c1-16(2)24(14-18-6-4-5-17(3)13-18)15-21(26)25-11-12-27-22(25)19-7-9-20(23)10-8-19/h4-10,13,16,22H,11-12,14-15H2,1-3H3/p+1/t22-/m1/s1. The van der Waals surface area contributed by atoms with E-state index < -0.39 is 0 Å². The van der Waals surface area contributed by atoms with E-state index in [2.05, 4.69) is 45.0 Å². The van der Waals surface area contributed by atoms with E-state index in [9.17, 15) is 9.18 Å². The van der Waals surface area contributed by atoms with Gasteiger partial charge in [-0.15, -0.1) is 11.8 Å². The highest BCUT2D eigenvalue weighted by Gasteiger charge is 2.33. The van der Waals surface area contributed by atoms with E-state index in [-0.39, 0.29) is 17.1 Å². The topological polar surface area (TPSA) is 24.8 Å². The highest BCUT2D eigenvalue weighted by Crippen LogP contribution is 2.37. The number of quaternary nitrogens is 1. The van der Waals surface area contributed by atoms with Crippen LogP contribution in [0.1, 0.15) is 35.9 Å². The molecule has 1 unspecified atom stereocenters. The molecule has 1 amide bonds. The maximum Gasteiger partial charge on any atom is 0.278 e. The molecule has 0 spiro atoms. The van der Waals surface area contributed by atoms with Crippen LogP contribution < -0.4 is 4.90 Å². The highest BCUT2D eigenvalue weighted by atomic mass is 32.2. The lowest BCUT2D eigenvalue weighted by molar-refractivity contribution is -0.927. The molecule has 1 saturated heterocycles. The molecular weight excluding hydrogens is 359 g/mol. The largest absolute Gasteiger partial charge is 0.321 e. The predicted octanol–water partition coefficient (Wildman–Crippen LogP) is 3.20. The molecule has 1 aliphatic rings. The first kappa shape index (κ1) is 19.9. The number of amides is 1. The Hall–Kier alpha value is -1.85. The number of rotatable bonds is 6. The number of carbonyl (C=O) groups excluding carboxylic acids is 1. The zero-order valence-corrected chi connectivity index (χ0v) is 17.1. The molecule has 1 heterocycles. The van der Waals surface area contributed by atoms with Gasteiger partial charge in [-0.05, 0) is 38.5 Å². The molecule has 27 heavy (non-hydrogen) atoms. The van der Waals surface area contributed by atoms with E-state index in [0.717, 1.165) is 24.4 Å². The second-order valence-corrected chi connectivity index (χ2v) is 8.71. The molecule has 1 aliphatic heterocycles. The lowest BCUT2D eigenvalue weighted by atomic mass is 10.1. The van der Waals surface area contributed by atoms with Gasteiger partial charge in [0, 0.05) is 17.9 Å². The number of nitrogens with one attached hydrogen (secondary N) is 1. The SMILES string of the molecule is Cc1cccc(C[NH+](CC(=O)N2CCS[C@@H]2c2ccc(F)cc2)C(C)C)c1. The Balaban J connectivity index is 1.70. The van der Waals surface area contributed by atoms with Crippen LogP contribution in [-0.4, -0.2) is 35.7 Å². The molecule has 0 bridgehead atoms. The van der Waals surface area contributed by atoms with Crippen molar-refractivity contribution >= 4 is 17.7 Å². The minimum Gasteiger partial charge on any atom is -0.321 e. The monoisotopic (exact) mass is 387 g/mol. The molecule has 2 atom stereocenters. The molecule has 0 radical (unpaired) electrons. The van der Waals surface area contributed by atoms with Crippen molar-refractivity contribution < 1.29 is 14.1 Å². The first-order valence-corrected chi connectivity index (χ1v) is 10.6. The summed E-state index contributed by atoms with van der Waals surface area (Å²) in [5, 5.41) is -0.00881. The van der Waals surface area contributed by atoms with Crippen LogP contribution in [0.25, 0.3) is 0 Å². The fourth-order valence-corrected chi connectivity index (χ4v) is 4.76. The van der Waals surface area contributed by atoms with Crippen LogP contribution in [0.3, 0.4) is 0 Å². The fraction of sp³-hybridized carbons (Fsp3) is 0.409. The van der Waals surface area contributed by atoms with Gasteiger partial charge in [0.15, 0.2) is 6.54 Å². The quantitative estimate of drug-likeness (QED) is 0.823. The Morgan fingerprint density at radius 2 is 2.00 bits per heavy atom. The number of hydrogen-bond acceptors (Lipinski definition) is 2. The van der Waals surface area contributed by atoms with E-state index in [4.69, 9.17) is 0 Å². The van der Waals surface area contributed by atoms with Gasteiger partial charge < -0.3 is 9.80 Å².